The van der Waals surface area contributed by atoms with Crippen LogP contribution in [-0.4, -0.2) is 31.0 Å². The van der Waals surface area contributed by atoms with E-state index >= 15 is 0 Å². The molecule has 0 bridgehead atoms. The van der Waals surface area contributed by atoms with Crippen molar-refractivity contribution in [3.05, 3.63) is 53.0 Å². The van der Waals surface area contributed by atoms with Gasteiger partial charge in [0.05, 0.1) is 10.6 Å². The monoisotopic (exact) mass is 579 g/mol. The predicted molar refractivity (Wildman–Crippen MR) is 142 cm³/mol. The second kappa shape index (κ2) is 13.9. The van der Waals surface area contributed by atoms with E-state index in [1.807, 2.05) is 20.8 Å². The lowest BCUT2D eigenvalue weighted by Crippen LogP contribution is -2.18. The summed E-state index contributed by atoms with van der Waals surface area (Å²) < 4.78 is 86.1. The minimum atomic E-state index is -5.00. The molecule has 2 rings (SSSR count). The lowest BCUT2D eigenvalue weighted by atomic mass is 10.1. The van der Waals surface area contributed by atoms with Crippen LogP contribution in [0.5, 0.6) is 5.75 Å². The lowest BCUT2D eigenvalue weighted by molar-refractivity contribution is -0.142. The highest BCUT2D eigenvalue weighted by atomic mass is 32.2. The van der Waals surface area contributed by atoms with E-state index in [9.17, 15) is 26.2 Å². The van der Waals surface area contributed by atoms with Crippen LogP contribution in [0.1, 0.15) is 58.8 Å². The molecule has 0 aliphatic carbocycles. The minimum Gasteiger partial charge on any atom is -0.458 e. The SMILES string of the molecule is C=C(C)S/C(=C(/Oc1ccc(NS(=O)C(F)F)nc1C(F)(F)F)C(C)CC)c1ccnc(NC(C)CC)n1. The maximum absolute atomic E-state index is 13.9. The average Bonchev–Trinajstić information content (AvgIpc) is 2.85. The number of ether oxygens (including phenoxy) is 1. The number of alkyl halides is 5. The maximum Gasteiger partial charge on any atom is 0.437 e. The van der Waals surface area contributed by atoms with E-state index < -0.39 is 40.2 Å². The molecule has 14 heteroatoms. The van der Waals surface area contributed by atoms with Gasteiger partial charge in [-0.2, -0.15) is 22.0 Å². The number of pyridine rings is 1. The number of aromatic nitrogens is 3. The van der Waals surface area contributed by atoms with Gasteiger partial charge in [-0.15, -0.1) is 0 Å². The Bertz CT molecular complexity index is 1180. The smallest absolute Gasteiger partial charge is 0.437 e. The van der Waals surface area contributed by atoms with Gasteiger partial charge in [-0.1, -0.05) is 39.1 Å². The largest absolute Gasteiger partial charge is 0.458 e. The highest BCUT2D eigenvalue weighted by molar-refractivity contribution is 8.11. The minimum absolute atomic E-state index is 0.0868. The number of thioether (sulfide) groups is 1. The Morgan fingerprint density at radius 2 is 1.84 bits per heavy atom. The summed E-state index contributed by atoms with van der Waals surface area (Å²) >= 11 is 1.19. The molecule has 0 fully saturated rings. The number of nitrogens with one attached hydrogen (secondary N) is 2. The second-order valence-corrected chi connectivity index (χ2v) is 10.8. The van der Waals surface area contributed by atoms with Gasteiger partial charge in [0.1, 0.15) is 11.6 Å². The van der Waals surface area contributed by atoms with Gasteiger partial charge >= 0.3 is 11.9 Å². The van der Waals surface area contributed by atoms with E-state index in [0.717, 1.165) is 18.6 Å². The van der Waals surface area contributed by atoms with Crippen molar-refractivity contribution in [2.75, 3.05) is 10.0 Å². The van der Waals surface area contributed by atoms with Gasteiger partial charge in [-0.3, -0.25) is 4.72 Å². The Kier molecular flexibility index (Phi) is 11.5. The quantitative estimate of drug-likeness (QED) is 0.188. The van der Waals surface area contributed by atoms with E-state index in [0.29, 0.717) is 27.9 Å². The molecule has 0 aliphatic heterocycles. The molecule has 0 radical (unpaired) electrons. The van der Waals surface area contributed by atoms with E-state index in [-0.39, 0.29) is 17.7 Å². The van der Waals surface area contributed by atoms with Crippen LogP contribution in [0, 0.1) is 5.92 Å². The molecule has 38 heavy (non-hydrogen) atoms. The first-order valence-corrected chi connectivity index (χ1v) is 13.7. The zero-order chi connectivity index (χ0) is 28.6. The number of hydrogen-bond acceptors (Lipinski definition) is 7. The summed E-state index contributed by atoms with van der Waals surface area (Å²) in [6.07, 6.45) is -2.13. The molecule has 0 spiro atoms. The molecule has 0 saturated heterocycles. The van der Waals surface area contributed by atoms with E-state index in [4.69, 9.17) is 4.74 Å². The summed E-state index contributed by atoms with van der Waals surface area (Å²) in [4.78, 5) is 13.2. The second-order valence-electron chi connectivity index (χ2n) is 8.33. The fourth-order valence-corrected chi connectivity index (χ4v) is 4.21. The van der Waals surface area contributed by atoms with Crippen molar-refractivity contribution in [3.8, 4) is 5.75 Å². The number of halogens is 5. The van der Waals surface area contributed by atoms with Gasteiger partial charge in [0.15, 0.2) is 22.4 Å². The average molecular weight is 580 g/mol. The van der Waals surface area contributed by atoms with Crippen LogP contribution < -0.4 is 14.8 Å². The first-order valence-electron chi connectivity index (χ1n) is 11.7. The first-order chi connectivity index (χ1) is 17.8. The fraction of sp³-hybridized carbons (Fsp3) is 0.458. The third kappa shape index (κ3) is 8.93. The summed E-state index contributed by atoms with van der Waals surface area (Å²) in [7, 11) is -2.93. The number of hydrogen-bond donors (Lipinski definition) is 2. The number of anilines is 2. The first kappa shape index (κ1) is 31.5. The Hall–Kier alpha value is -2.74. The van der Waals surface area contributed by atoms with Crippen molar-refractivity contribution in [1.82, 2.24) is 15.0 Å². The van der Waals surface area contributed by atoms with Crippen molar-refractivity contribution in [3.63, 3.8) is 0 Å². The molecule has 2 aromatic heterocycles. The van der Waals surface area contributed by atoms with E-state index in [1.165, 1.54) is 18.0 Å². The number of rotatable bonds is 13. The van der Waals surface area contributed by atoms with E-state index in [2.05, 4.69) is 26.8 Å². The molecule has 210 valence electrons. The van der Waals surface area contributed by atoms with Crippen LogP contribution in [0.3, 0.4) is 0 Å². The molecule has 0 saturated carbocycles. The molecule has 0 amide bonds. The van der Waals surface area contributed by atoms with Crippen molar-refractivity contribution < 1.29 is 30.9 Å². The summed E-state index contributed by atoms with van der Waals surface area (Å²) in [5.41, 5.74) is -1.04. The van der Waals surface area contributed by atoms with Gasteiger partial charge in [0.25, 0.3) is 0 Å². The molecular weight excluding hydrogens is 549 g/mol. The van der Waals surface area contributed by atoms with Gasteiger partial charge in [0.2, 0.25) is 5.95 Å². The van der Waals surface area contributed by atoms with Crippen molar-refractivity contribution >= 4 is 39.4 Å². The molecule has 0 aromatic carbocycles. The molecule has 2 aromatic rings. The summed E-state index contributed by atoms with van der Waals surface area (Å²) in [5.74, 6) is -4.41. The summed E-state index contributed by atoms with van der Waals surface area (Å²) in [5, 5.41) is 3.17. The Labute approximate surface area is 225 Å². The molecule has 7 nitrogen and oxygen atoms in total. The van der Waals surface area contributed by atoms with Gasteiger partial charge < -0.3 is 10.1 Å². The van der Waals surface area contributed by atoms with Gasteiger partial charge in [0, 0.05) is 18.2 Å². The number of nitrogens with zero attached hydrogens (tertiary/aromatic N) is 3. The molecule has 2 heterocycles. The Morgan fingerprint density at radius 1 is 1.16 bits per heavy atom. The van der Waals surface area contributed by atoms with Gasteiger partial charge in [-0.25, -0.2) is 19.2 Å². The van der Waals surface area contributed by atoms with Crippen LogP contribution in [0.25, 0.3) is 4.91 Å². The number of allylic oxidation sites excluding steroid dienone is 2. The van der Waals surface area contributed by atoms with Crippen LogP contribution >= 0.6 is 11.8 Å². The van der Waals surface area contributed by atoms with Gasteiger partial charge in [-0.05, 0) is 49.8 Å². The fourth-order valence-electron chi connectivity index (χ4n) is 2.89. The van der Waals surface area contributed by atoms with Crippen LogP contribution in [0.4, 0.5) is 33.7 Å². The van der Waals surface area contributed by atoms with E-state index in [1.54, 1.807) is 24.6 Å². The standard InChI is InChI=1S/C24H30F5N5O2S2/c1-7-14(5)19(20(37-13(3)4)16-11-12-30-23(32-16)31-15(6)8-2)36-17-9-10-18(34-38(35)22(25)26)33-21(17)24(27,28)29/h9-12,14-15,22H,3,7-8H2,1-2,4-6H3,(H,33,34)(H,30,31,32)/b20-19+. The Morgan fingerprint density at radius 3 is 2.39 bits per heavy atom. The van der Waals surface area contributed by atoms with Crippen LogP contribution in [0.15, 0.2) is 41.6 Å². The highest BCUT2D eigenvalue weighted by Gasteiger charge is 2.38. The molecule has 3 unspecified atom stereocenters. The van der Waals surface area contributed by atoms with Crippen LogP contribution in [-0.2, 0) is 17.2 Å². The summed E-state index contributed by atoms with van der Waals surface area (Å²) in [6, 6.07) is 3.64. The Balaban J connectivity index is 2.68. The predicted octanol–water partition coefficient (Wildman–Crippen LogP) is 7.46. The van der Waals surface area contributed by atoms with Crippen molar-refractivity contribution in [1.29, 1.82) is 0 Å². The lowest BCUT2D eigenvalue weighted by Gasteiger charge is -2.22. The molecule has 0 aliphatic rings. The normalized spacial score (nSPS) is 14.9. The highest BCUT2D eigenvalue weighted by Crippen LogP contribution is 2.42. The summed E-state index contributed by atoms with van der Waals surface area (Å²) in [6.45, 7) is 13.3. The molecule has 3 atom stereocenters. The third-order valence-electron chi connectivity index (χ3n) is 5.15. The van der Waals surface area contributed by atoms with Crippen molar-refractivity contribution in [2.45, 2.75) is 65.4 Å². The third-order valence-corrected chi connectivity index (χ3v) is 6.85. The zero-order valence-electron chi connectivity index (χ0n) is 21.5. The zero-order valence-corrected chi connectivity index (χ0v) is 23.2. The molecular formula is C24H30F5N5O2S2. The maximum atomic E-state index is 13.9. The topological polar surface area (TPSA) is 89.0 Å². The van der Waals surface area contributed by atoms with Crippen LogP contribution in [0.2, 0.25) is 0 Å². The molecule has 2 N–H and O–H groups in total. The van der Waals surface area contributed by atoms with Crippen molar-refractivity contribution in [2.24, 2.45) is 5.92 Å².